The van der Waals surface area contributed by atoms with Crippen molar-refractivity contribution in [2.45, 2.75) is 46.0 Å². The summed E-state index contributed by atoms with van der Waals surface area (Å²) in [6.45, 7) is 6.16. The first-order valence-electron chi connectivity index (χ1n) is 8.11. The van der Waals surface area contributed by atoms with Crippen molar-refractivity contribution in [2.75, 3.05) is 30.8 Å². The number of hydrogen-bond acceptors (Lipinski definition) is 5. The van der Waals surface area contributed by atoms with Crippen molar-refractivity contribution in [3.63, 3.8) is 0 Å². The van der Waals surface area contributed by atoms with Crippen molar-refractivity contribution >= 4 is 11.6 Å². The molecule has 1 aliphatic carbocycles. The maximum Gasteiger partial charge on any atom is 0.204 e. The topological polar surface area (TPSA) is 59.1 Å². The molecule has 5 nitrogen and oxygen atoms in total. The smallest absolute Gasteiger partial charge is 0.204 e. The minimum Gasteiger partial charge on any atom is -0.490 e. The Morgan fingerprint density at radius 1 is 1.14 bits per heavy atom. The molecule has 1 aromatic rings. The summed E-state index contributed by atoms with van der Waals surface area (Å²) in [7, 11) is 1.66. The number of hydrogen-bond donors (Lipinski definition) is 2. The van der Waals surface area contributed by atoms with E-state index in [1.54, 1.807) is 13.4 Å². The molecule has 0 aromatic carbocycles. The minimum atomic E-state index is 0.705. The fourth-order valence-electron chi connectivity index (χ4n) is 3.00. The molecule has 1 aromatic heterocycles. The Morgan fingerprint density at radius 3 is 2.43 bits per heavy atom. The van der Waals surface area contributed by atoms with Gasteiger partial charge in [0.2, 0.25) is 5.75 Å². The van der Waals surface area contributed by atoms with Gasteiger partial charge in [0.05, 0.1) is 7.11 Å². The van der Waals surface area contributed by atoms with E-state index in [4.69, 9.17) is 4.74 Å². The highest BCUT2D eigenvalue weighted by Crippen LogP contribution is 2.31. The molecule has 1 aliphatic rings. The van der Waals surface area contributed by atoms with Crippen LogP contribution in [-0.2, 0) is 0 Å². The summed E-state index contributed by atoms with van der Waals surface area (Å²) in [6, 6.07) is 0. The van der Waals surface area contributed by atoms with Gasteiger partial charge in [-0.3, -0.25) is 0 Å². The summed E-state index contributed by atoms with van der Waals surface area (Å²) >= 11 is 0. The van der Waals surface area contributed by atoms with Crippen molar-refractivity contribution in [2.24, 2.45) is 11.8 Å². The molecular formula is C16H28N4O. The predicted octanol–water partition coefficient (Wildman–Crippen LogP) is 3.55. The highest BCUT2D eigenvalue weighted by molar-refractivity contribution is 5.63. The van der Waals surface area contributed by atoms with Crippen LogP contribution in [0.15, 0.2) is 6.33 Å². The molecule has 0 aliphatic heterocycles. The molecular weight excluding hydrogens is 264 g/mol. The van der Waals surface area contributed by atoms with Crippen LogP contribution in [0.3, 0.4) is 0 Å². The third-order valence-corrected chi connectivity index (χ3v) is 4.33. The summed E-state index contributed by atoms with van der Waals surface area (Å²) in [6.07, 6.45) is 8.28. The van der Waals surface area contributed by atoms with Gasteiger partial charge in [-0.25, -0.2) is 9.97 Å². The van der Waals surface area contributed by atoms with E-state index in [-0.39, 0.29) is 0 Å². The second kappa shape index (κ2) is 8.05. The molecule has 5 heteroatoms. The predicted molar refractivity (Wildman–Crippen MR) is 87.0 cm³/mol. The highest BCUT2D eigenvalue weighted by atomic mass is 16.5. The molecule has 0 bridgehead atoms. The Labute approximate surface area is 127 Å². The summed E-state index contributed by atoms with van der Waals surface area (Å²) in [4.78, 5) is 8.52. The van der Waals surface area contributed by atoms with Crippen molar-refractivity contribution in [3.8, 4) is 5.75 Å². The summed E-state index contributed by atoms with van der Waals surface area (Å²) in [5.74, 6) is 4.02. The Kier molecular flexibility index (Phi) is 6.08. The minimum absolute atomic E-state index is 0.705. The normalized spacial score (nSPS) is 21.9. The maximum absolute atomic E-state index is 5.44. The number of ether oxygens (including phenoxy) is 1. The van der Waals surface area contributed by atoms with Crippen LogP contribution in [0.1, 0.15) is 46.0 Å². The zero-order valence-electron chi connectivity index (χ0n) is 13.5. The van der Waals surface area contributed by atoms with Gasteiger partial charge in [0.15, 0.2) is 11.6 Å². The summed E-state index contributed by atoms with van der Waals surface area (Å²) in [5, 5.41) is 6.60. The molecule has 0 saturated heterocycles. The molecule has 0 radical (unpaired) electrons. The van der Waals surface area contributed by atoms with Gasteiger partial charge in [0.25, 0.3) is 0 Å². The van der Waals surface area contributed by atoms with Gasteiger partial charge in [-0.15, -0.1) is 0 Å². The Balaban J connectivity index is 1.86. The van der Waals surface area contributed by atoms with Gasteiger partial charge >= 0.3 is 0 Å². The molecule has 1 saturated carbocycles. The van der Waals surface area contributed by atoms with E-state index >= 15 is 0 Å². The number of aromatic nitrogens is 2. The zero-order chi connectivity index (χ0) is 15.1. The van der Waals surface area contributed by atoms with Crippen molar-refractivity contribution in [1.29, 1.82) is 0 Å². The quantitative estimate of drug-likeness (QED) is 0.805. The fraction of sp³-hybridized carbons (Fsp3) is 0.750. The van der Waals surface area contributed by atoms with Gasteiger partial charge in [-0.2, -0.15) is 0 Å². The van der Waals surface area contributed by atoms with Crippen LogP contribution in [0, 0.1) is 11.8 Å². The fourth-order valence-corrected chi connectivity index (χ4v) is 3.00. The number of anilines is 2. The molecule has 0 atom stereocenters. The van der Waals surface area contributed by atoms with Crippen LogP contribution in [0.25, 0.3) is 0 Å². The first-order valence-corrected chi connectivity index (χ1v) is 8.11. The lowest BCUT2D eigenvalue weighted by Crippen LogP contribution is -2.16. The molecule has 0 spiro atoms. The molecule has 21 heavy (non-hydrogen) atoms. The largest absolute Gasteiger partial charge is 0.490 e. The van der Waals surface area contributed by atoms with E-state index in [1.165, 1.54) is 32.1 Å². The lowest BCUT2D eigenvalue weighted by molar-refractivity contribution is 0.281. The molecule has 0 unspecified atom stereocenters. The van der Waals surface area contributed by atoms with Crippen molar-refractivity contribution in [3.05, 3.63) is 6.33 Å². The molecule has 1 heterocycles. The van der Waals surface area contributed by atoms with Gasteiger partial charge in [0.1, 0.15) is 6.33 Å². The summed E-state index contributed by atoms with van der Waals surface area (Å²) in [5.41, 5.74) is 0. The van der Waals surface area contributed by atoms with Crippen LogP contribution >= 0.6 is 0 Å². The lowest BCUT2D eigenvalue weighted by Gasteiger charge is -2.26. The van der Waals surface area contributed by atoms with E-state index in [2.05, 4.69) is 27.5 Å². The van der Waals surface area contributed by atoms with Crippen molar-refractivity contribution < 1.29 is 4.74 Å². The van der Waals surface area contributed by atoms with E-state index in [1.807, 2.05) is 6.92 Å². The lowest BCUT2D eigenvalue weighted by atomic mass is 9.81. The number of nitrogens with one attached hydrogen (secondary N) is 2. The average molecular weight is 292 g/mol. The average Bonchev–Trinajstić information content (AvgIpc) is 2.50. The molecule has 2 rings (SSSR count). The first kappa shape index (κ1) is 15.9. The zero-order valence-corrected chi connectivity index (χ0v) is 13.5. The summed E-state index contributed by atoms with van der Waals surface area (Å²) < 4.78 is 5.44. The van der Waals surface area contributed by atoms with E-state index in [0.29, 0.717) is 5.75 Å². The third kappa shape index (κ3) is 4.48. The SMILES string of the molecule is CCNc1ncnc(NCCC2CCC(C)CC2)c1OC. The van der Waals surface area contributed by atoms with E-state index < -0.39 is 0 Å². The standard InChI is InChI=1S/C16H28N4O/c1-4-17-15-14(21-3)16(20-11-19-15)18-10-9-13-7-5-12(2)6-8-13/h11-13H,4-10H2,1-3H3,(H2,17,18,19,20). The van der Waals surface area contributed by atoms with E-state index in [9.17, 15) is 0 Å². The number of methoxy groups -OCH3 is 1. The Morgan fingerprint density at radius 2 is 1.81 bits per heavy atom. The molecule has 0 amide bonds. The number of rotatable bonds is 7. The third-order valence-electron chi connectivity index (χ3n) is 4.33. The highest BCUT2D eigenvalue weighted by Gasteiger charge is 2.18. The van der Waals surface area contributed by atoms with Crippen LogP contribution in [-0.4, -0.2) is 30.2 Å². The first-order chi connectivity index (χ1) is 10.2. The van der Waals surface area contributed by atoms with Gasteiger partial charge in [0, 0.05) is 13.1 Å². The number of nitrogens with zero attached hydrogens (tertiary/aromatic N) is 2. The maximum atomic E-state index is 5.44. The second-order valence-corrected chi connectivity index (χ2v) is 5.98. The molecule has 1 fully saturated rings. The monoisotopic (exact) mass is 292 g/mol. The molecule has 118 valence electrons. The second-order valence-electron chi connectivity index (χ2n) is 5.98. The van der Waals surface area contributed by atoms with Crippen molar-refractivity contribution in [1.82, 2.24) is 9.97 Å². The Bertz CT molecular complexity index is 430. The Hall–Kier alpha value is -1.52. The van der Waals surface area contributed by atoms with Gasteiger partial charge in [-0.05, 0) is 25.2 Å². The van der Waals surface area contributed by atoms with E-state index in [0.717, 1.165) is 36.6 Å². The van der Waals surface area contributed by atoms with Crippen LogP contribution in [0.5, 0.6) is 5.75 Å². The van der Waals surface area contributed by atoms with Gasteiger partial charge < -0.3 is 15.4 Å². The van der Waals surface area contributed by atoms with Gasteiger partial charge in [-0.1, -0.05) is 32.6 Å². The van der Waals surface area contributed by atoms with Crippen LogP contribution in [0.2, 0.25) is 0 Å². The van der Waals surface area contributed by atoms with Crippen LogP contribution in [0.4, 0.5) is 11.6 Å². The molecule has 2 N–H and O–H groups in total. The van der Waals surface area contributed by atoms with Crippen LogP contribution < -0.4 is 15.4 Å².